The highest BCUT2D eigenvalue weighted by atomic mass is 35.5. The van der Waals surface area contributed by atoms with Crippen molar-refractivity contribution in [2.75, 3.05) is 20.8 Å². The third-order valence-corrected chi connectivity index (χ3v) is 5.30. The van der Waals surface area contributed by atoms with Crippen LogP contribution in [0.25, 0.3) is 6.08 Å². The van der Waals surface area contributed by atoms with Crippen molar-refractivity contribution < 1.29 is 18.7 Å². The molecule has 0 bridgehead atoms. The predicted molar refractivity (Wildman–Crippen MR) is 111 cm³/mol. The molecule has 0 atom stereocenters. The number of nitrogens with zero attached hydrogens (tertiary/aromatic N) is 2. The van der Waals surface area contributed by atoms with E-state index >= 15 is 0 Å². The number of halogens is 2. The second kappa shape index (κ2) is 8.67. The summed E-state index contributed by atoms with van der Waals surface area (Å²) in [6.07, 6.45) is 1.73. The third-order valence-electron chi connectivity index (χ3n) is 4.01. The van der Waals surface area contributed by atoms with Crippen LogP contribution in [-0.2, 0) is 4.79 Å². The zero-order chi connectivity index (χ0) is 20.3. The number of thioether (sulfide) groups is 1. The number of amidine groups is 1. The molecule has 0 aliphatic carbocycles. The summed E-state index contributed by atoms with van der Waals surface area (Å²) in [6.45, 7) is 2.34. The van der Waals surface area contributed by atoms with Gasteiger partial charge in [0.25, 0.3) is 5.91 Å². The van der Waals surface area contributed by atoms with Gasteiger partial charge in [0.05, 0.1) is 29.8 Å². The van der Waals surface area contributed by atoms with Gasteiger partial charge in [-0.3, -0.25) is 9.69 Å². The van der Waals surface area contributed by atoms with Gasteiger partial charge < -0.3 is 9.47 Å². The van der Waals surface area contributed by atoms with Gasteiger partial charge >= 0.3 is 0 Å². The van der Waals surface area contributed by atoms with E-state index in [1.807, 2.05) is 6.92 Å². The van der Waals surface area contributed by atoms with E-state index in [0.717, 1.165) is 0 Å². The zero-order valence-corrected chi connectivity index (χ0v) is 17.1. The number of likely N-dealkylation sites (N-methyl/N-ethyl adjacent to an activating group) is 1. The summed E-state index contributed by atoms with van der Waals surface area (Å²) in [4.78, 5) is 19.3. The Kier molecular flexibility index (Phi) is 6.26. The lowest BCUT2D eigenvalue weighted by Crippen LogP contribution is -2.28. The highest BCUT2D eigenvalue weighted by molar-refractivity contribution is 8.18. The molecule has 1 heterocycles. The van der Waals surface area contributed by atoms with Gasteiger partial charge in [0.1, 0.15) is 5.82 Å². The van der Waals surface area contributed by atoms with Gasteiger partial charge in [-0.25, -0.2) is 9.38 Å². The van der Waals surface area contributed by atoms with E-state index in [9.17, 15) is 9.18 Å². The molecule has 1 amide bonds. The average Bonchev–Trinajstić information content (AvgIpc) is 2.97. The summed E-state index contributed by atoms with van der Waals surface area (Å²) < 4.78 is 23.6. The van der Waals surface area contributed by atoms with Crippen molar-refractivity contribution >= 4 is 46.2 Å². The van der Waals surface area contributed by atoms with Crippen LogP contribution in [-0.4, -0.2) is 36.7 Å². The minimum absolute atomic E-state index is 0.153. The average molecular weight is 421 g/mol. The summed E-state index contributed by atoms with van der Waals surface area (Å²) in [6, 6.07) is 9.25. The van der Waals surface area contributed by atoms with Crippen molar-refractivity contribution in [1.82, 2.24) is 4.90 Å². The first kappa shape index (κ1) is 20.2. The normalized spacial score (nSPS) is 16.9. The molecule has 1 saturated heterocycles. The lowest BCUT2D eigenvalue weighted by atomic mass is 10.2. The van der Waals surface area contributed by atoms with Crippen molar-refractivity contribution in [1.29, 1.82) is 0 Å². The Morgan fingerprint density at radius 1 is 1.21 bits per heavy atom. The highest BCUT2D eigenvalue weighted by Crippen LogP contribution is 2.39. The Labute approximate surface area is 171 Å². The molecule has 0 N–H and O–H groups in total. The lowest BCUT2D eigenvalue weighted by Gasteiger charge is -2.12. The number of amides is 1. The monoisotopic (exact) mass is 420 g/mol. The molecular weight excluding hydrogens is 403 g/mol. The predicted octanol–water partition coefficient (Wildman–Crippen LogP) is 5.12. The number of hydrogen-bond donors (Lipinski definition) is 0. The van der Waals surface area contributed by atoms with Gasteiger partial charge in [-0.05, 0) is 66.7 Å². The maximum Gasteiger partial charge on any atom is 0.266 e. The molecule has 0 aromatic heterocycles. The molecule has 0 unspecified atom stereocenters. The van der Waals surface area contributed by atoms with Crippen LogP contribution in [0.2, 0.25) is 5.02 Å². The van der Waals surface area contributed by atoms with Gasteiger partial charge in [0, 0.05) is 6.54 Å². The largest absolute Gasteiger partial charge is 0.493 e. The Morgan fingerprint density at radius 2 is 1.93 bits per heavy atom. The number of carbonyl (C=O) groups excluding carboxylic acids is 1. The van der Waals surface area contributed by atoms with Crippen molar-refractivity contribution in [2.45, 2.75) is 6.92 Å². The molecule has 28 heavy (non-hydrogen) atoms. The number of aliphatic imine (C=N–C) groups is 1. The number of rotatable bonds is 5. The highest BCUT2D eigenvalue weighted by Gasteiger charge is 2.32. The van der Waals surface area contributed by atoms with Gasteiger partial charge in [-0.2, -0.15) is 0 Å². The summed E-state index contributed by atoms with van der Waals surface area (Å²) >= 11 is 7.50. The van der Waals surface area contributed by atoms with E-state index in [-0.39, 0.29) is 11.7 Å². The molecule has 5 nitrogen and oxygen atoms in total. The van der Waals surface area contributed by atoms with Crippen molar-refractivity contribution in [3.63, 3.8) is 0 Å². The summed E-state index contributed by atoms with van der Waals surface area (Å²) in [7, 11) is 3.03. The number of ether oxygens (including phenoxy) is 2. The molecule has 0 spiro atoms. The number of benzene rings is 2. The Hall–Kier alpha value is -2.51. The third kappa shape index (κ3) is 4.15. The van der Waals surface area contributed by atoms with Gasteiger partial charge in [0.2, 0.25) is 0 Å². The molecule has 0 radical (unpaired) electrons. The SMILES string of the molecule is CCN1C(=O)/C(=C\c2cc(Cl)c(OC)c(OC)c2)SC1=Nc1ccc(F)cc1. The second-order valence-corrected chi connectivity index (χ2v) is 7.19. The number of hydrogen-bond acceptors (Lipinski definition) is 5. The molecule has 1 fully saturated rings. The fraction of sp³-hybridized carbons (Fsp3) is 0.200. The van der Waals surface area contributed by atoms with E-state index in [1.54, 1.807) is 35.2 Å². The maximum absolute atomic E-state index is 13.1. The fourth-order valence-corrected chi connectivity index (χ4v) is 4.03. The Morgan fingerprint density at radius 3 is 2.54 bits per heavy atom. The topological polar surface area (TPSA) is 51.1 Å². The zero-order valence-electron chi connectivity index (χ0n) is 15.5. The molecular formula is C20H18ClFN2O3S. The molecule has 0 saturated carbocycles. The van der Waals surface area contributed by atoms with Crippen LogP contribution < -0.4 is 9.47 Å². The summed E-state index contributed by atoms with van der Waals surface area (Å²) in [5.74, 6) is 0.423. The molecule has 8 heteroatoms. The molecule has 2 aromatic carbocycles. The quantitative estimate of drug-likeness (QED) is 0.630. The Bertz CT molecular complexity index is 961. The van der Waals surface area contributed by atoms with Crippen molar-refractivity contribution in [3.8, 4) is 11.5 Å². The molecule has 1 aliphatic rings. The van der Waals surface area contributed by atoms with Crippen molar-refractivity contribution in [3.05, 3.63) is 57.7 Å². The minimum atomic E-state index is -0.336. The molecule has 2 aromatic rings. The summed E-state index contributed by atoms with van der Waals surface area (Å²) in [5, 5.41) is 0.925. The number of methoxy groups -OCH3 is 2. The lowest BCUT2D eigenvalue weighted by molar-refractivity contribution is -0.122. The van der Waals surface area contributed by atoms with Crippen LogP contribution >= 0.6 is 23.4 Å². The van der Waals surface area contributed by atoms with Crippen LogP contribution in [0.5, 0.6) is 11.5 Å². The number of carbonyl (C=O) groups is 1. The first-order valence-electron chi connectivity index (χ1n) is 8.44. The Balaban J connectivity index is 1.96. The van der Waals surface area contributed by atoms with E-state index in [0.29, 0.717) is 44.4 Å². The van der Waals surface area contributed by atoms with Crippen LogP contribution in [0, 0.1) is 5.82 Å². The molecule has 3 rings (SSSR count). The second-order valence-electron chi connectivity index (χ2n) is 5.77. The van der Waals surface area contributed by atoms with Gasteiger partial charge in [0.15, 0.2) is 16.7 Å². The first-order valence-corrected chi connectivity index (χ1v) is 9.63. The van der Waals surface area contributed by atoms with Crippen LogP contribution in [0.3, 0.4) is 0 Å². The van der Waals surface area contributed by atoms with Gasteiger partial charge in [-0.15, -0.1) is 0 Å². The molecule has 146 valence electrons. The summed E-state index contributed by atoms with van der Waals surface area (Å²) in [5.41, 5.74) is 1.28. The maximum atomic E-state index is 13.1. The van der Waals surface area contributed by atoms with Crippen LogP contribution in [0.15, 0.2) is 46.3 Å². The first-order chi connectivity index (χ1) is 13.5. The van der Waals surface area contributed by atoms with Crippen LogP contribution in [0.4, 0.5) is 10.1 Å². The van der Waals surface area contributed by atoms with E-state index < -0.39 is 0 Å². The van der Waals surface area contributed by atoms with Crippen LogP contribution in [0.1, 0.15) is 12.5 Å². The molecule has 1 aliphatic heterocycles. The standard InChI is InChI=1S/C20H18ClFN2O3S/c1-4-24-19(25)17(28-20(24)23-14-7-5-13(22)6-8-14)11-12-9-15(21)18(27-3)16(10-12)26-2/h5-11H,4H2,1-3H3/b17-11+,23-20?. The fourth-order valence-electron chi connectivity index (χ4n) is 2.67. The van der Waals surface area contributed by atoms with Gasteiger partial charge in [-0.1, -0.05) is 11.6 Å². The van der Waals surface area contributed by atoms with E-state index in [2.05, 4.69) is 4.99 Å². The van der Waals surface area contributed by atoms with E-state index in [1.165, 1.54) is 38.1 Å². The van der Waals surface area contributed by atoms with Crippen molar-refractivity contribution in [2.24, 2.45) is 4.99 Å². The minimum Gasteiger partial charge on any atom is -0.493 e. The smallest absolute Gasteiger partial charge is 0.266 e. The van der Waals surface area contributed by atoms with E-state index in [4.69, 9.17) is 21.1 Å².